The van der Waals surface area contributed by atoms with E-state index in [0.29, 0.717) is 40.2 Å². The average Bonchev–Trinajstić information content (AvgIpc) is 3.26. The van der Waals surface area contributed by atoms with Crippen molar-refractivity contribution in [2.45, 2.75) is 13.0 Å². The molecule has 160 valence electrons. The van der Waals surface area contributed by atoms with E-state index in [9.17, 15) is 4.79 Å². The number of rotatable bonds is 6. The van der Waals surface area contributed by atoms with Crippen molar-refractivity contribution in [2.24, 2.45) is 0 Å². The second-order valence-corrected chi connectivity index (χ2v) is 6.89. The number of allylic oxidation sites excluding steroid dienone is 1. The third-order valence-electron chi connectivity index (χ3n) is 5.11. The van der Waals surface area contributed by atoms with E-state index in [4.69, 9.17) is 14.2 Å². The SMILES string of the molecule is COc1cccc(C2C(C(=O)Nc3ccc(OC)cc3OC)=C(C)Nc3ncnn32)c1. The molecule has 1 amide bonds. The molecule has 0 fully saturated rings. The Morgan fingerprint density at radius 2 is 1.84 bits per heavy atom. The van der Waals surface area contributed by atoms with E-state index in [1.165, 1.54) is 13.4 Å². The van der Waals surface area contributed by atoms with Gasteiger partial charge in [-0.05, 0) is 36.8 Å². The first kappa shape index (κ1) is 20.3. The lowest BCUT2D eigenvalue weighted by atomic mass is 9.95. The summed E-state index contributed by atoms with van der Waals surface area (Å²) in [7, 11) is 4.72. The van der Waals surface area contributed by atoms with Crippen LogP contribution in [0.25, 0.3) is 0 Å². The molecule has 9 heteroatoms. The number of methoxy groups -OCH3 is 3. The smallest absolute Gasteiger partial charge is 0.255 e. The maximum absolute atomic E-state index is 13.5. The molecule has 1 aliphatic rings. The summed E-state index contributed by atoms with van der Waals surface area (Å²) in [6, 6.07) is 12.3. The number of nitrogens with zero attached hydrogens (tertiary/aromatic N) is 3. The van der Waals surface area contributed by atoms with Crippen LogP contribution >= 0.6 is 0 Å². The Morgan fingerprint density at radius 3 is 2.58 bits per heavy atom. The fourth-order valence-corrected chi connectivity index (χ4v) is 3.60. The first-order valence-electron chi connectivity index (χ1n) is 9.60. The highest BCUT2D eigenvalue weighted by molar-refractivity contribution is 6.06. The molecule has 1 atom stereocenters. The maximum atomic E-state index is 13.5. The van der Waals surface area contributed by atoms with E-state index < -0.39 is 6.04 Å². The number of nitrogens with one attached hydrogen (secondary N) is 2. The van der Waals surface area contributed by atoms with Crippen LogP contribution in [-0.4, -0.2) is 42.0 Å². The number of fused-ring (bicyclic) bond motifs is 1. The fraction of sp³-hybridized carbons (Fsp3) is 0.227. The third kappa shape index (κ3) is 3.77. The molecule has 0 radical (unpaired) electrons. The fourth-order valence-electron chi connectivity index (χ4n) is 3.60. The largest absolute Gasteiger partial charge is 0.497 e. The van der Waals surface area contributed by atoms with Crippen LogP contribution < -0.4 is 24.8 Å². The molecule has 0 aliphatic carbocycles. The normalized spacial score (nSPS) is 15.0. The first-order valence-corrected chi connectivity index (χ1v) is 9.60. The van der Waals surface area contributed by atoms with Gasteiger partial charge in [0.15, 0.2) is 0 Å². The number of aromatic nitrogens is 3. The molecule has 1 aliphatic heterocycles. The Morgan fingerprint density at radius 1 is 1.06 bits per heavy atom. The molecule has 1 unspecified atom stereocenters. The number of anilines is 2. The summed E-state index contributed by atoms with van der Waals surface area (Å²) in [6.45, 7) is 1.84. The standard InChI is InChI=1S/C22H23N5O4/c1-13-19(21(28)26-17-9-8-16(30-3)11-18(17)31-4)20(27-22(25-13)23-12-24-27)14-6-5-7-15(10-14)29-2/h5-12,20H,1-4H3,(H,26,28)(H,23,24,25). The molecular weight excluding hydrogens is 398 g/mol. The zero-order valence-electron chi connectivity index (χ0n) is 17.7. The Kier molecular flexibility index (Phi) is 5.48. The molecule has 0 saturated heterocycles. The zero-order valence-corrected chi connectivity index (χ0v) is 17.7. The van der Waals surface area contributed by atoms with Crippen LogP contribution in [0.4, 0.5) is 11.6 Å². The lowest BCUT2D eigenvalue weighted by Crippen LogP contribution is -2.31. The van der Waals surface area contributed by atoms with Crippen molar-refractivity contribution in [3.63, 3.8) is 0 Å². The molecular formula is C22H23N5O4. The van der Waals surface area contributed by atoms with Crippen LogP contribution in [0.2, 0.25) is 0 Å². The molecule has 4 rings (SSSR count). The molecule has 2 aromatic carbocycles. The van der Waals surface area contributed by atoms with E-state index in [2.05, 4.69) is 20.7 Å². The zero-order chi connectivity index (χ0) is 22.0. The Hall–Kier alpha value is -4.01. The number of hydrogen-bond acceptors (Lipinski definition) is 7. The van der Waals surface area contributed by atoms with Crippen LogP contribution in [0.1, 0.15) is 18.5 Å². The van der Waals surface area contributed by atoms with Crippen LogP contribution in [-0.2, 0) is 4.79 Å². The van der Waals surface area contributed by atoms with Gasteiger partial charge in [0.1, 0.15) is 29.6 Å². The lowest BCUT2D eigenvalue weighted by Gasteiger charge is -2.29. The summed E-state index contributed by atoms with van der Waals surface area (Å²) in [4.78, 5) is 17.7. The topological polar surface area (TPSA) is 99.5 Å². The highest BCUT2D eigenvalue weighted by atomic mass is 16.5. The van der Waals surface area contributed by atoms with Gasteiger partial charge < -0.3 is 24.8 Å². The Bertz CT molecular complexity index is 1150. The van der Waals surface area contributed by atoms with Gasteiger partial charge in [-0.3, -0.25) is 4.79 Å². The van der Waals surface area contributed by atoms with Crippen molar-refractivity contribution in [1.82, 2.24) is 14.8 Å². The molecule has 1 aromatic heterocycles. The summed E-state index contributed by atoms with van der Waals surface area (Å²) in [6.07, 6.45) is 1.45. The molecule has 2 heterocycles. The van der Waals surface area contributed by atoms with Crippen molar-refractivity contribution in [2.75, 3.05) is 32.0 Å². The summed E-state index contributed by atoms with van der Waals surface area (Å²) >= 11 is 0. The molecule has 3 aromatic rings. The minimum atomic E-state index is -0.488. The quantitative estimate of drug-likeness (QED) is 0.630. The first-order chi connectivity index (χ1) is 15.0. The number of amides is 1. The summed E-state index contributed by atoms with van der Waals surface area (Å²) in [5.74, 6) is 2.08. The number of ether oxygens (including phenoxy) is 3. The van der Waals surface area contributed by atoms with Gasteiger partial charge in [0.2, 0.25) is 5.95 Å². The third-order valence-corrected chi connectivity index (χ3v) is 5.11. The van der Waals surface area contributed by atoms with E-state index in [0.717, 1.165) is 5.56 Å². The van der Waals surface area contributed by atoms with E-state index in [-0.39, 0.29) is 5.91 Å². The lowest BCUT2D eigenvalue weighted by molar-refractivity contribution is -0.113. The molecule has 31 heavy (non-hydrogen) atoms. The van der Waals surface area contributed by atoms with Crippen molar-refractivity contribution < 1.29 is 19.0 Å². The van der Waals surface area contributed by atoms with Crippen LogP contribution in [0.3, 0.4) is 0 Å². The van der Waals surface area contributed by atoms with Crippen molar-refractivity contribution in [1.29, 1.82) is 0 Å². The Balaban J connectivity index is 1.75. The van der Waals surface area contributed by atoms with Crippen molar-refractivity contribution in [3.8, 4) is 17.2 Å². The second-order valence-electron chi connectivity index (χ2n) is 6.89. The van der Waals surface area contributed by atoms with Gasteiger partial charge in [0, 0.05) is 11.8 Å². The van der Waals surface area contributed by atoms with Gasteiger partial charge in [-0.2, -0.15) is 10.1 Å². The summed E-state index contributed by atoms with van der Waals surface area (Å²) < 4.78 is 17.7. The molecule has 0 spiro atoms. The van der Waals surface area contributed by atoms with Gasteiger partial charge in [-0.25, -0.2) is 4.68 Å². The monoisotopic (exact) mass is 421 g/mol. The van der Waals surface area contributed by atoms with Crippen LogP contribution in [0.15, 0.2) is 60.1 Å². The molecule has 9 nitrogen and oxygen atoms in total. The van der Waals surface area contributed by atoms with E-state index in [1.54, 1.807) is 37.1 Å². The summed E-state index contributed by atoms with van der Waals surface area (Å²) in [5.41, 5.74) is 2.56. The van der Waals surface area contributed by atoms with Crippen molar-refractivity contribution in [3.05, 3.63) is 65.6 Å². The van der Waals surface area contributed by atoms with E-state index in [1.807, 2.05) is 31.2 Å². The highest BCUT2D eigenvalue weighted by Crippen LogP contribution is 2.37. The summed E-state index contributed by atoms with van der Waals surface area (Å²) in [5, 5.41) is 10.5. The minimum absolute atomic E-state index is 0.289. The molecule has 0 bridgehead atoms. The predicted molar refractivity (Wildman–Crippen MR) is 116 cm³/mol. The number of hydrogen-bond donors (Lipinski definition) is 2. The van der Waals surface area contributed by atoms with E-state index >= 15 is 0 Å². The minimum Gasteiger partial charge on any atom is -0.497 e. The van der Waals surface area contributed by atoms with Crippen LogP contribution in [0, 0.1) is 0 Å². The second kappa shape index (κ2) is 8.39. The molecule has 2 N–H and O–H groups in total. The Labute approximate surface area is 179 Å². The number of carbonyl (C=O) groups is 1. The predicted octanol–water partition coefficient (Wildman–Crippen LogP) is 3.23. The van der Waals surface area contributed by atoms with Gasteiger partial charge in [-0.1, -0.05) is 12.1 Å². The van der Waals surface area contributed by atoms with Crippen molar-refractivity contribution >= 4 is 17.5 Å². The van der Waals surface area contributed by atoms with Gasteiger partial charge in [0.25, 0.3) is 5.91 Å². The maximum Gasteiger partial charge on any atom is 0.255 e. The van der Waals surface area contributed by atoms with Crippen LogP contribution in [0.5, 0.6) is 17.2 Å². The molecule has 0 saturated carbocycles. The number of benzene rings is 2. The van der Waals surface area contributed by atoms with Gasteiger partial charge in [-0.15, -0.1) is 0 Å². The highest BCUT2D eigenvalue weighted by Gasteiger charge is 2.34. The number of carbonyl (C=O) groups excluding carboxylic acids is 1. The van der Waals surface area contributed by atoms with Gasteiger partial charge >= 0.3 is 0 Å². The van der Waals surface area contributed by atoms with Gasteiger partial charge in [0.05, 0.1) is 32.6 Å². The average molecular weight is 421 g/mol.